The Bertz CT molecular complexity index is 1070. The maximum atomic E-state index is 11.7. The van der Waals surface area contributed by atoms with E-state index in [1.54, 1.807) is 36.0 Å². The number of hydrogen-bond acceptors (Lipinski definition) is 4. The number of likely N-dealkylation sites (N-methyl/N-ethyl adjacent to an activating group) is 1. The average molecular weight is 405 g/mol. The summed E-state index contributed by atoms with van der Waals surface area (Å²) in [4.78, 5) is 11.7. The molecule has 0 saturated heterocycles. The van der Waals surface area contributed by atoms with Crippen LogP contribution in [0.5, 0.6) is 0 Å². The number of hydrogen-bond donors (Lipinski definition) is 2. The molecule has 0 bridgehead atoms. The van der Waals surface area contributed by atoms with Gasteiger partial charge in [-0.2, -0.15) is 5.10 Å². The van der Waals surface area contributed by atoms with Gasteiger partial charge in [-0.05, 0) is 42.5 Å². The molecule has 0 fully saturated rings. The van der Waals surface area contributed by atoms with Crippen molar-refractivity contribution in [2.24, 2.45) is 5.14 Å². The zero-order chi connectivity index (χ0) is 19.6. The molecule has 3 rings (SSSR count). The standard InChI is InChI=1S/C18H17ClN4O3S/c1-21-18(24)11-14-10-17(12-2-4-13(19)5-3-12)23(22-14)15-6-8-16(9-7-15)27(20,25)26/h2-10H,11H2,1H3,(H,21,24)(H2,20,25,26). The highest BCUT2D eigenvalue weighted by Gasteiger charge is 2.15. The molecule has 7 nitrogen and oxygen atoms in total. The fraction of sp³-hybridized carbons (Fsp3) is 0.111. The molecule has 9 heteroatoms. The Hall–Kier alpha value is -2.68. The molecular formula is C18H17ClN4O3S. The van der Waals surface area contributed by atoms with Crippen LogP contribution in [-0.2, 0) is 21.2 Å². The molecule has 2 aromatic carbocycles. The van der Waals surface area contributed by atoms with Crippen molar-refractivity contribution >= 4 is 27.5 Å². The Kier molecular flexibility index (Phi) is 5.31. The van der Waals surface area contributed by atoms with E-state index in [1.807, 2.05) is 18.2 Å². The lowest BCUT2D eigenvalue weighted by Gasteiger charge is -2.08. The van der Waals surface area contributed by atoms with Gasteiger partial charge in [0, 0.05) is 17.6 Å². The van der Waals surface area contributed by atoms with Gasteiger partial charge in [0.25, 0.3) is 0 Å². The minimum absolute atomic E-state index is 0.0111. The van der Waals surface area contributed by atoms with E-state index in [4.69, 9.17) is 16.7 Å². The maximum absolute atomic E-state index is 11.7. The summed E-state index contributed by atoms with van der Waals surface area (Å²) in [5, 5.41) is 12.8. The average Bonchev–Trinajstić information content (AvgIpc) is 3.05. The molecule has 140 valence electrons. The van der Waals surface area contributed by atoms with Crippen molar-refractivity contribution in [3.05, 3.63) is 65.3 Å². The molecule has 1 heterocycles. The zero-order valence-electron chi connectivity index (χ0n) is 14.4. The summed E-state index contributed by atoms with van der Waals surface area (Å²) in [6.45, 7) is 0. The quantitative estimate of drug-likeness (QED) is 0.679. The number of amides is 1. The first-order valence-electron chi connectivity index (χ1n) is 7.96. The number of carbonyl (C=O) groups excluding carboxylic acids is 1. The fourth-order valence-electron chi connectivity index (χ4n) is 2.57. The molecule has 0 spiro atoms. The zero-order valence-corrected chi connectivity index (χ0v) is 16.0. The highest BCUT2D eigenvalue weighted by Crippen LogP contribution is 2.26. The van der Waals surface area contributed by atoms with Gasteiger partial charge >= 0.3 is 0 Å². The van der Waals surface area contributed by atoms with Crippen molar-refractivity contribution in [1.82, 2.24) is 15.1 Å². The van der Waals surface area contributed by atoms with E-state index in [-0.39, 0.29) is 17.2 Å². The van der Waals surface area contributed by atoms with Crippen LogP contribution in [0, 0.1) is 0 Å². The van der Waals surface area contributed by atoms with Gasteiger partial charge in [0.05, 0.1) is 28.4 Å². The summed E-state index contributed by atoms with van der Waals surface area (Å²) in [6, 6.07) is 15.1. The third-order valence-electron chi connectivity index (χ3n) is 3.93. The van der Waals surface area contributed by atoms with Gasteiger partial charge in [-0.1, -0.05) is 23.7 Å². The van der Waals surface area contributed by atoms with Crippen LogP contribution in [0.3, 0.4) is 0 Å². The second kappa shape index (κ2) is 7.51. The molecule has 1 aromatic heterocycles. The molecule has 27 heavy (non-hydrogen) atoms. The molecule has 0 aliphatic rings. The summed E-state index contributed by atoms with van der Waals surface area (Å²) in [5.74, 6) is -0.160. The summed E-state index contributed by atoms with van der Waals surface area (Å²) in [6.07, 6.45) is 0.124. The lowest BCUT2D eigenvalue weighted by molar-refractivity contribution is -0.120. The predicted octanol–water partition coefficient (Wildman–Crippen LogP) is 2.13. The van der Waals surface area contributed by atoms with Gasteiger partial charge in [-0.3, -0.25) is 4.79 Å². The number of rotatable bonds is 5. The highest BCUT2D eigenvalue weighted by molar-refractivity contribution is 7.89. The van der Waals surface area contributed by atoms with E-state index >= 15 is 0 Å². The number of nitrogens with one attached hydrogen (secondary N) is 1. The maximum Gasteiger partial charge on any atom is 0.238 e. The summed E-state index contributed by atoms with van der Waals surface area (Å²) >= 11 is 5.96. The second-order valence-electron chi connectivity index (χ2n) is 5.83. The lowest BCUT2D eigenvalue weighted by Crippen LogP contribution is -2.20. The van der Waals surface area contributed by atoms with E-state index < -0.39 is 10.0 Å². The third-order valence-corrected chi connectivity index (χ3v) is 5.11. The highest BCUT2D eigenvalue weighted by atomic mass is 35.5. The Balaban J connectivity index is 2.09. The van der Waals surface area contributed by atoms with Crippen molar-refractivity contribution in [3.63, 3.8) is 0 Å². The van der Waals surface area contributed by atoms with E-state index in [9.17, 15) is 13.2 Å². The van der Waals surface area contributed by atoms with Crippen molar-refractivity contribution in [2.75, 3.05) is 7.05 Å². The number of primary sulfonamides is 1. The van der Waals surface area contributed by atoms with Gasteiger partial charge in [0.2, 0.25) is 15.9 Å². The summed E-state index contributed by atoms with van der Waals surface area (Å²) in [7, 11) is -2.22. The van der Waals surface area contributed by atoms with Crippen LogP contribution in [0.1, 0.15) is 5.69 Å². The Morgan fingerprint density at radius 2 is 1.78 bits per heavy atom. The van der Waals surface area contributed by atoms with Crippen molar-refractivity contribution in [3.8, 4) is 16.9 Å². The lowest BCUT2D eigenvalue weighted by atomic mass is 10.1. The Labute approximate surface area is 161 Å². The molecule has 0 aliphatic carbocycles. The Morgan fingerprint density at radius 1 is 1.15 bits per heavy atom. The van der Waals surface area contributed by atoms with E-state index in [2.05, 4.69) is 10.4 Å². The predicted molar refractivity (Wildman–Crippen MR) is 103 cm³/mol. The SMILES string of the molecule is CNC(=O)Cc1cc(-c2ccc(Cl)cc2)n(-c2ccc(S(N)(=O)=O)cc2)n1. The van der Waals surface area contributed by atoms with Crippen molar-refractivity contribution in [1.29, 1.82) is 0 Å². The summed E-state index contributed by atoms with van der Waals surface area (Å²) < 4.78 is 24.6. The van der Waals surface area contributed by atoms with Crippen LogP contribution in [-0.4, -0.2) is 31.2 Å². The number of halogens is 1. The number of nitrogens with zero attached hydrogens (tertiary/aromatic N) is 2. The van der Waals surface area contributed by atoms with Crippen molar-refractivity contribution < 1.29 is 13.2 Å². The molecule has 3 aromatic rings. The smallest absolute Gasteiger partial charge is 0.238 e. The molecule has 0 unspecified atom stereocenters. The molecule has 0 radical (unpaired) electrons. The van der Waals surface area contributed by atoms with Crippen LogP contribution >= 0.6 is 11.6 Å². The van der Waals surface area contributed by atoms with E-state index in [0.29, 0.717) is 16.4 Å². The number of benzene rings is 2. The van der Waals surface area contributed by atoms with Gasteiger partial charge in [0.1, 0.15) is 0 Å². The second-order valence-corrected chi connectivity index (χ2v) is 7.83. The topological polar surface area (TPSA) is 107 Å². The molecular weight excluding hydrogens is 388 g/mol. The number of aromatic nitrogens is 2. The van der Waals surface area contributed by atoms with Crippen molar-refractivity contribution in [2.45, 2.75) is 11.3 Å². The summed E-state index contributed by atoms with van der Waals surface area (Å²) in [5.41, 5.74) is 2.81. The monoisotopic (exact) mass is 404 g/mol. The van der Waals surface area contributed by atoms with Crippen LogP contribution in [0.4, 0.5) is 0 Å². The van der Waals surface area contributed by atoms with Crippen LogP contribution in [0.15, 0.2) is 59.5 Å². The molecule has 1 amide bonds. The van der Waals surface area contributed by atoms with Gasteiger partial charge in [-0.15, -0.1) is 0 Å². The van der Waals surface area contributed by atoms with Gasteiger partial charge < -0.3 is 5.32 Å². The molecule has 3 N–H and O–H groups in total. The van der Waals surface area contributed by atoms with Crippen LogP contribution in [0.25, 0.3) is 16.9 Å². The minimum Gasteiger partial charge on any atom is -0.359 e. The first-order valence-corrected chi connectivity index (χ1v) is 9.89. The molecule has 0 aliphatic heterocycles. The van der Waals surface area contributed by atoms with Crippen LogP contribution in [0.2, 0.25) is 5.02 Å². The van der Waals surface area contributed by atoms with Gasteiger partial charge in [-0.25, -0.2) is 18.2 Å². The first-order chi connectivity index (χ1) is 12.8. The van der Waals surface area contributed by atoms with E-state index in [0.717, 1.165) is 11.3 Å². The minimum atomic E-state index is -3.78. The molecule has 0 atom stereocenters. The number of sulfonamides is 1. The Morgan fingerprint density at radius 3 is 2.33 bits per heavy atom. The fourth-order valence-corrected chi connectivity index (χ4v) is 3.21. The molecule has 0 saturated carbocycles. The largest absolute Gasteiger partial charge is 0.359 e. The normalized spacial score (nSPS) is 11.4. The number of nitrogens with two attached hydrogens (primary N) is 1. The third kappa shape index (κ3) is 4.36. The van der Waals surface area contributed by atoms with Crippen LogP contribution < -0.4 is 10.5 Å². The van der Waals surface area contributed by atoms with Gasteiger partial charge in [0.15, 0.2) is 0 Å². The first kappa shape index (κ1) is 19.1. The number of carbonyl (C=O) groups is 1. The van der Waals surface area contributed by atoms with E-state index in [1.165, 1.54) is 12.1 Å².